The first-order chi connectivity index (χ1) is 14.4. The van der Waals surface area contributed by atoms with Crippen molar-refractivity contribution in [3.05, 3.63) is 46.7 Å². The number of aromatic amines is 1. The predicted molar refractivity (Wildman–Crippen MR) is 108 cm³/mol. The molecule has 7 nitrogen and oxygen atoms in total. The minimum absolute atomic E-state index is 0.148. The number of H-pyrrole nitrogens is 1. The quantitative estimate of drug-likeness (QED) is 0.659. The van der Waals surface area contributed by atoms with Gasteiger partial charge in [0.15, 0.2) is 5.65 Å². The number of rotatable bonds is 2. The molecule has 1 saturated heterocycles. The molecule has 0 radical (unpaired) electrons. The second-order valence-electron chi connectivity index (χ2n) is 9.10. The fourth-order valence-electron chi connectivity index (χ4n) is 3.88. The van der Waals surface area contributed by atoms with Crippen molar-refractivity contribution in [1.29, 1.82) is 0 Å². The number of amides is 1. The van der Waals surface area contributed by atoms with Gasteiger partial charge in [0.05, 0.1) is 5.69 Å². The molecule has 1 fully saturated rings. The first-order valence-electron chi connectivity index (χ1n) is 10.2. The van der Waals surface area contributed by atoms with Crippen molar-refractivity contribution in [2.75, 3.05) is 13.1 Å². The summed E-state index contributed by atoms with van der Waals surface area (Å²) in [5, 5.41) is 11.0. The lowest BCUT2D eigenvalue weighted by molar-refractivity contribution is -0.142. The minimum Gasteiger partial charge on any atom is -0.337 e. The number of nitrogens with zero attached hydrogens (tertiary/aromatic N) is 5. The van der Waals surface area contributed by atoms with Crippen LogP contribution in [-0.4, -0.2) is 48.7 Å². The maximum Gasteiger partial charge on any atom is 0.433 e. The molecule has 3 aromatic heterocycles. The summed E-state index contributed by atoms with van der Waals surface area (Å²) in [5.41, 5.74) is 1.31. The molecule has 1 aliphatic heterocycles. The number of aromatic nitrogens is 5. The van der Waals surface area contributed by atoms with Crippen molar-refractivity contribution in [3.8, 4) is 0 Å². The molecule has 4 rings (SSSR count). The maximum absolute atomic E-state index is 13.6. The molecule has 3 aromatic rings. The minimum atomic E-state index is -4.53. The van der Waals surface area contributed by atoms with Gasteiger partial charge in [-0.2, -0.15) is 23.4 Å². The van der Waals surface area contributed by atoms with E-state index in [1.165, 1.54) is 0 Å². The lowest BCUT2D eigenvalue weighted by Crippen LogP contribution is -2.38. The van der Waals surface area contributed by atoms with Gasteiger partial charge in [-0.1, -0.05) is 20.8 Å². The zero-order valence-corrected chi connectivity index (χ0v) is 17.9. The number of piperidine rings is 1. The van der Waals surface area contributed by atoms with Gasteiger partial charge in [0.1, 0.15) is 11.4 Å². The average Bonchev–Trinajstić information content (AvgIpc) is 3.31. The van der Waals surface area contributed by atoms with Crippen LogP contribution in [0.5, 0.6) is 0 Å². The van der Waals surface area contributed by atoms with E-state index < -0.39 is 11.9 Å². The van der Waals surface area contributed by atoms with E-state index in [4.69, 9.17) is 0 Å². The summed E-state index contributed by atoms with van der Waals surface area (Å²) in [4.78, 5) is 18.9. The average molecular weight is 434 g/mol. The Hall–Kier alpha value is -2.91. The predicted octanol–water partition coefficient (Wildman–Crippen LogP) is 4.10. The van der Waals surface area contributed by atoms with E-state index in [-0.39, 0.29) is 22.9 Å². The normalized spacial score (nSPS) is 16.3. The highest BCUT2D eigenvalue weighted by Crippen LogP contribution is 2.34. The fraction of sp³-hybridized carbons (Fsp3) is 0.524. The molecular weight excluding hydrogens is 409 g/mol. The molecule has 10 heteroatoms. The fourth-order valence-corrected chi connectivity index (χ4v) is 3.88. The summed E-state index contributed by atoms with van der Waals surface area (Å²) < 4.78 is 41.5. The van der Waals surface area contributed by atoms with Gasteiger partial charge >= 0.3 is 6.18 Å². The maximum atomic E-state index is 13.6. The molecule has 0 aliphatic carbocycles. The van der Waals surface area contributed by atoms with Crippen LogP contribution in [0.4, 0.5) is 13.2 Å². The zero-order valence-electron chi connectivity index (χ0n) is 17.9. The number of fused-ring (bicyclic) bond motifs is 1. The van der Waals surface area contributed by atoms with Crippen LogP contribution in [0, 0.1) is 6.92 Å². The summed E-state index contributed by atoms with van der Waals surface area (Å²) in [6.45, 7) is 8.60. The summed E-state index contributed by atoms with van der Waals surface area (Å²) in [6.07, 6.45) is -3.46. The molecule has 0 spiro atoms. The molecule has 4 heterocycles. The molecular formula is C21H25F3N6O. The topological polar surface area (TPSA) is 79.2 Å². The van der Waals surface area contributed by atoms with E-state index in [9.17, 15) is 18.0 Å². The van der Waals surface area contributed by atoms with E-state index in [0.717, 1.165) is 16.3 Å². The van der Waals surface area contributed by atoms with Crippen LogP contribution >= 0.6 is 0 Å². The molecule has 0 bridgehead atoms. The van der Waals surface area contributed by atoms with Crippen LogP contribution in [0.3, 0.4) is 0 Å². The molecule has 0 saturated carbocycles. The lowest BCUT2D eigenvalue weighted by Gasteiger charge is -2.31. The second kappa shape index (κ2) is 7.35. The highest BCUT2D eigenvalue weighted by Gasteiger charge is 2.36. The molecule has 1 N–H and O–H groups in total. The second-order valence-corrected chi connectivity index (χ2v) is 9.10. The van der Waals surface area contributed by atoms with Gasteiger partial charge in [-0.15, -0.1) is 0 Å². The summed E-state index contributed by atoms with van der Waals surface area (Å²) in [6, 6.07) is 4.40. The third-order valence-electron chi connectivity index (χ3n) is 5.67. The highest BCUT2D eigenvalue weighted by atomic mass is 19.4. The molecule has 0 unspecified atom stereocenters. The van der Waals surface area contributed by atoms with Crippen LogP contribution in [0.1, 0.15) is 72.8 Å². The van der Waals surface area contributed by atoms with Gasteiger partial charge in [0.25, 0.3) is 5.91 Å². The van der Waals surface area contributed by atoms with Crippen molar-refractivity contribution in [3.63, 3.8) is 0 Å². The Bertz CT molecular complexity index is 1120. The molecule has 166 valence electrons. The Labute approximate surface area is 177 Å². The summed E-state index contributed by atoms with van der Waals surface area (Å²) in [5.74, 6) is -0.328. The third kappa shape index (κ3) is 4.15. The number of carbonyl (C=O) groups excluding carboxylic acids is 1. The van der Waals surface area contributed by atoms with Crippen LogP contribution < -0.4 is 0 Å². The molecule has 0 atom stereocenters. The van der Waals surface area contributed by atoms with E-state index in [0.29, 0.717) is 43.0 Å². The van der Waals surface area contributed by atoms with Crippen LogP contribution in [0.15, 0.2) is 18.2 Å². The van der Waals surface area contributed by atoms with Gasteiger partial charge < -0.3 is 4.90 Å². The van der Waals surface area contributed by atoms with E-state index >= 15 is 0 Å². The smallest absolute Gasteiger partial charge is 0.337 e. The first kappa shape index (κ1) is 21.3. The number of nitrogens with one attached hydrogen (secondary N) is 1. The van der Waals surface area contributed by atoms with Crippen LogP contribution in [0.25, 0.3) is 5.65 Å². The van der Waals surface area contributed by atoms with E-state index in [1.54, 1.807) is 24.0 Å². The van der Waals surface area contributed by atoms with Gasteiger partial charge in [-0.05, 0) is 31.9 Å². The van der Waals surface area contributed by atoms with Gasteiger partial charge in [-0.3, -0.25) is 9.89 Å². The standard InChI is InChI=1S/C21H25F3N6O/c1-12-9-18-25-14(11-17(21(22,23)24)30(18)28-12)13-5-7-29(8-6-13)19(31)15-10-16(27-26-15)20(2,3)4/h9-11,13H,5-8H2,1-4H3,(H,26,27). The Balaban J connectivity index is 1.52. The monoisotopic (exact) mass is 434 g/mol. The number of aryl methyl sites for hydroxylation is 1. The first-order valence-corrected chi connectivity index (χ1v) is 10.2. The highest BCUT2D eigenvalue weighted by molar-refractivity contribution is 5.92. The Morgan fingerprint density at radius 1 is 1.13 bits per heavy atom. The largest absolute Gasteiger partial charge is 0.433 e. The number of hydrogen-bond donors (Lipinski definition) is 1. The van der Waals surface area contributed by atoms with Gasteiger partial charge in [0, 0.05) is 41.9 Å². The van der Waals surface area contributed by atoms with Gasteiger partial charge in [-0.25, -0.2) is 9.50 Å². The summed E-state index contributed by atoms with van der Waals surface area (Å²) >= 11 is 0. The van der Waals surface area contributed by atoms with Crippen molar-refractivity contribution in [2.24, 2.45) is 0 Å². The zero-order chi connectivity index (χ0) is 22.6. The van der Waals surface area contributed by atoms with Crippen molar-refractivity contribution < 1.29 is 18.0 Å². The van der Waals surface area contributed by atoms with Crippen molar-refractivity contribution in [1.82, 2.24) is 29.7 Å². The van der Waals surface area contributed by atoms with Crippen molar-refractivity contribution in [2.45, 2.75) is 58.0 Å². The number of alkyl halides is 3. The number of carbonyl (C=O) groups is 1. The van der Waals surface area contributed by atoms with E-state index in [1.807, 2.05) is 20.8 Å². The molecule has 1 aliphatic rings. The Morgan fingerprint density at radius 2 is 1.81 bits per heavy atom. The van der Waals surface area contributed by atoms with Crippen LogP contribution in [-0.2, 0) is 11.6 Å². The van der Waals surface area contributed by atoms with Gasteiger partial charge in [0.2, 0.25) is 0 Å². The number of likely N-dealkylation sites (tertiary alicyclic amines) is 1. The molecule has 31 heavy (non-hydrogen) atoms. The van der Waals surface area contributed by atoms with Crippen molar-refractivity contribution >= 4 is 11.6 Å². The lowest BCUT2D eigenvalue weighted by atomic mass is 9.91. The third-order valence-corrected chi connectivity index (χ3v) is 5.67. The number of hydrogen-bond acceptors (Lipinski definition) is 4. The van der Waals surface area contributed by atoms with Crippen LogP contribution in [0.2, 0.25) is 0 Å². The Kier molecular flexibility index (Phi) is 5.06. The number of halogens is 3. The molecule has 0 aromatic carbocycles. The summed E-state index contributed by atoms with van der Waals surface area (Å²) in [7, 11) is 0. The Morgan fingerprint density at radius 3 is 2.39 bits per heavy atom. The molecule has 1 amide bonds. The van der Waals surface area contributed by atoms with E-state index in [2.05, 4.69) is 20.3 Å². The SMILES string of the molecule is Cc1cc2nc(C3CCN(C(=O)c4cc(C(C)(C)C)[nH]n4)CC3)cc(C(F)(F)F)n2n1.